The quantitative estimate of drug-likeness (QED) is 0.793. The van der Waals surface area contributed by atoms with E-state index >= 15 is 0 Å². The molecule has 16 heavy (non-hydrogen) atoms. The van der Waals surface area contributed by atoms with Crippen LogP contribution in [0.3, 0.4) is 0 Å². The Labute approximate surface area is 94.7 Å². The number of hydrogen-bond donors (Lipinski definition) is 0. The molecule has 0 amide bonds. The zero-order chi connectivity index (χ0) is 12.4. The summed E-state index contributed by atoms with van der Waals surface area (Å²) < 4.78 is 58.6. The molecule has 0 bridgehead atoms. The molecule has 8 heteroatoms. The zero-order valence-corrected chi connectivity index (χ0v) is 9.40. The molecule has 1 heterocycles. The average Bonchev–Trinajstić information content (AvgIpc) is 2.12. The van der Waals surface area contributed by atoms with Crippen LogP contribution in [0.2, 0.25) is 0 Å². The number of aryl methyl sites for hydroxylation is 1. The van der Waals surface area contributed by atoms with Crippen molar-refractivity contribution >= 4 is 19.7 Å². The normalized spacial score (nSPS) is 12.8. The summed E-state index contributed by atoms with van der Waals surface area (Å²) >= 11 is 0. The van der Waals surface area contributed by atoms with Gasteiger partial charge in [0.1, 0.15) is 0 Å². The number of alkyl halides is 3. The molecule has 0 saturated carbocycles. The third kappa shape index (κ3) is 3.97. The van der Waals surface area contributed by atoms with Crippen molar-refractivity contribution in [3.63, 3.8) is 0 Å². The van der Waals surface area contributed by atoms with Gasteiger partial charge in [0.25, 0.3) is 0 Å². The Kier molecular flexibility index (Phi) is 3.80. The van der Waals surface area contributed by atoms with Crippen molar-refractivity contribution < 1.29 is 21.6 Å². The predicted octanol–water partition coefficient (Wildman–Crippen LogP) is 2.21. The molecular formula is C8H7ClF3NO2S. The first kappa shape index (κ1) is 13.2. The van der Waals surface area contributed by atoms with Crippen molar-refractivity contribution in [3.05, 3.63) is 29.6 Å². The van der Waals surface area contributed by atoms with Crippen molar-refractivity contribution in [1.82, 2.24) is 4.98 Å². The largest absolute Gasteiger partial charge is 0.418 e. The Hall–Kier alpha value is -0.820. The van der Waals surface area contributed by atoms with E-state index in [0.29, 0.717) is 6.20 Å². The van der Waals surface area contributed by atoms with Crippen LogP contribution >= 0.6 is 10.7 Å². The van der Waals surface area contributed by atoms with Gasteiger partial charge in [0.2, 0.25) is 9.05 Å². The molecule has 0 saturated heterocycles. The maximum atomic E-state index is 12.4. The van der Waals surface area contributed by atoms with E-state index < -0.39 is 26.5 Å². The lowest BCUT2D eigenvalue weighted by atomic mass is 10.1. The fraction of sp³-hybridized carbons (Fsp3) is 0.375. The van der Waals surface area contributed by atoms with E-state index in [1.807, 2.05) is 0 Å². The highest BCUT2D eigenvalue weighted by Crippen LogP contribution is 2.31. The monoisotopic (exact) mass is 273 g/mol. The van der Waals surface area contributed by atoms with Gasteiger partial charge >= 0.3 is 6.18 Å². The molecule has 0 spiro atoms. The molecule has 0 aliphatic carbocycles. The van der Waals surface area contributed by atoms with Crippen LogP contribution in [-0.4, -0.2) is 19.2 Å². The fourth-order valence-corrected chi connectivity index (χ4v) is 1.82. The Morgan fingerprint density at radius 1 is 1.38 bits per heavy atom. The highest BCUT2D eigenvalue weighted by Gasteiger charge is 2.33. The number of aromatic nitrogens is 1. The van der Waals surface area contributed by atoms with Crippen LogP contribution in [0.4, 0.5) is 13.2 Å². The Morgan fingerprint density at radius 3 is 2.50 bits per heavy atom. The molecule has 0 unspecified atom stereocenters. The van der Waals surface area contributed by atoms with Gasteiger partial charge in [0.05, 0.1) is 11.3 Å². The Morgan fingerprint density at radius 2 is 2.00 bits per heavy atom. The van der Waals surface area contributed by atoms with Crippen molar-refractivity contribution in [3.8, 4) is 0 Å². The Balaban J connectivity index is 2.97. The molecule has 0 aliphatic rings. The van der Waals surface area contributed by atoms with E-state index in [-0.39, 0.29) is 12.0 Å². The second-order valence-corrected chi connectivity index (χ2v) is 5.92. The van der Waals surface area contributed by atoms with Crippen molar-refractivity contribution in [2.45, 2.75) is 12.6 Å². The molecule has 1 aromatic rings. The van der Waals surface area contributed by atoms with Gasteiger partial charge in [-0.05, 0) is 18.1 Å². The smallest absolute Gasteiger partial charge is 0.264 e. The van der Waals surface area contributed by atoms with Crippen LogP contribution in [-0.2, 0) is 21.6 Å². The van der Waals surface area contributed by atoms with E-state index in [1.54, 1.807) is 0 Å². The molecule has 0 N–H and O–H groups in total. The molecule has 1 aromatic heterocycles. The first-order valence-electron chi connectivity index (χ1n) is 4.12. The molecule has 0 aromatic carbocycles. The highest BCUT2D eigenvalue weighted by atomic mass is 35.7. The van der Waals surface area contributed by atoms with E-state index in [2.05, 4.69) is 4.98 Å². The van der Waals surface area contributed by atoms with Gasteiger partial charge in [-0.1, -0.05) is 0 Å². The van der Waals surface area contributed by atoms with Gasteiger partial charge < -0.3 is 0 Å². The minimum absolute atomic E-state index is 0.133. The standard InChI is InChI=1S/C8H7ClF3NO2S/c9-16(14,15)4-2-6-1-3-13-5-7(6)8(10,11)12/h1,3,5H,2,4H2. The number of hydrogen-bond acceptors (Lipinski definition) is 3. The van der Waals surface area contributed by atoms with E-state index in [0.717, 1.165) is 6.07 Å². The topological polar surface area (TPSA) is 47.0 Å². The molecule has 0 fully saturated rings. The first-order valence-corrected chi connectivity index (χ1v) is 6.60. The molecule has 3 nitrogen and oxygen atoms in total. The zero-order valence-electron chi connectivity index (χ0n) is 7.83. The number of nitrogens with zero attached hydrogens (tertiary/aromatic N) is 1. The van der Waals surface area contributed by atoms with Crippen LogP contribution in [0.1, 0.15) is 11.1 Å². The summed E-state index contributed by atoms with van der Waals surface area (Å²) in [6.07, 6.45) is -3.00. The lowest BCUT2D eigenvalue weighted by molar-refractivity contribution is -0.138. The maximum absolute atomic E-state index is 12.4. The lowest BCUT2D eigenvalue weighted by Gasteiger charge is -2.10. The summed E-state index contributed by atoms with van der Waals surface area (Å²) in [5.74, 6) is -0.540. The SMILES string of the molecule is O=S(=O)(Cl)CCc1ccncc1C(F)(F)F. The van der Waals surface area contributed by atoms with Crippen LogP contribution < -0.4 is 0 Å². The summed E-state index contributed by atoms with van der Waals surface area (Å²) in [7, 11) is 1.12. The third-order valence-corrected chi connectivity index (χ3v) is 2.99. The minimum Gasteiger partial charge on any atom is -0.264 e. The van der Waals surface area contributed by atoms with Gasteiger partial charge in [-0.2, -0.15) is 13.2 Å². The molecule has 90 valence electrons. The van der Waals surface area contributed by atoms with Crippen molar-refractivity contribution in [2.75, 3.05) is 5.75 Å². The maximum Gasteiger partial charge on any atom is 0.418 e. The van der Waals surface area contributed by atoms with Crippen molar-refractivity contribution in [1.29, 1.82) is 0 Å². The highest BCUT2D eigenvalue weighted by molar-refractivity contribution is 8.13. The summed E-state index contributed by atoms with van der Waals surface area (Å²) in [4.78, 5) is 3.35. The summed E-state index contributed by atoms with van der Waals surface area (Å²) in [5.41, 5.74) is -1.07. The molecular weight excluding hydrogens is 267 g/mol. The summed E-state index contributed by atoms with van der Waals surface area (Å²) in [5, 5.41) is 0. The third-order valence-electron chi connectivity index (χ3n) is 1.83. The molecule has 1 rings (SSSR count). The number of pyridine rings is 1. The Bertz CT molecular complexity index is 472. The summed E-state index contributed by atoms with van der Waals surface area (Å²) in [6, 6.07) is 1.13. The number of rotatable bonds is 3. The van der Waals surface area contributed by atoms with E-state index in [1.165, 1.54) is 6.20 Å². The van der Waals surface area contributed by atoms with Crippen LogP contribution in [0, 0.1) is 0 Å². The van der Waals surface area contributed by atoms with E-state index in [4.69, 9.17) is 10.7 Å². The van der Waals surface area contributed by atoms with Gasteiger partial charge in [-0.3, -0.25) is 4.98 Å². The first-order chi connectivity index (χ1) is 7.20. The average molecular weight is 274 g/mol. The van der Waals surface area contributed by atoms with Crippen LogP contribution in [0.15, 0.2) is 18.5 Å². The fourth-order valence-electron chi connectivity index (χ4n) is 1.13. The second-order valence-electron chi connectivity index (χ2n) is 3.02. The van der Waals surface area contributed by atoms with Gasteiger partial charge in [-0.15, -0.1) is 0 Å². The van der Waals surface area contributed by atoms with Crippen molar-refractivity contribution in [2.24, 2.45) is 0 Å². The summed E-state index contributed by atoms with van der Waals surface area (Å²) in [6.45, 7) is 0. The van der Waals surface area contributed by atoms with E-state index in [9.17, 15) is 21.6 Å². The predicted molar refractivity (Wildman–Crippen MR) is 52.6 cm³/mol. The number of halogens is 4. The second kappa shape index (κ2) is 4.58. The van der Waals surface area contributed by atoms with Crippen LogP contribution in [0.5, 0.6) is 0 Å². The molecule has 0 atom stereocenters. The molecule has 0 aliphatic heterocycles. The van der Waals surface area contributed by atoms with Crippen LogP contribution in [0.25, 0.3) is 0 Å². The lowest BCUT2D eigenvalue weighted by Crippen LogP contribution is -2.12. The molecule has 0 radical (unpaired) electrons. The minimum atomic E-state index is -4.54. The van der Waals surface area contributed by atoms with Gasteiger partial charge in [-0.25, -0.2) is 8.42 Å². The van der Waals surface area contributed by atoms with Gasteiger partial charge in [0, 0.05) is 23.1 Å². The van der Waals surface area contributed by atoms with Gasteiger partial charge in [0.15, 0.2) is 0 Å².